The first-order valence-corrected chi connectivity index (χ1v) is 7.87. The molecule has 2 N–H and O–H groups in total. The summed E-state index contributed by atoms with van der Waals surface area (Å²) in [5.74, 6) is -1.34. The lowest BCUT2D eigenvalue weighted by molar-refractivity contribution is -0.118. The van der Waals surface area contributed by atoms with Crippen LogP contribution < -0.4 is 10.6 Å². The third-order valence-corrected chi connectivity index (χ3v) is 3.67. The van der Waals surface area contributed by atoms with Gasteiger partial charge in [0.2, 0.25) is 5.91 Å². The highest BCUT2D eigenvalue weighted by molar-refractivity contribution is 6.30. The maximum Gasteiger partial charge on any atom is 0.251 e. The molecule has 0 saturated heterocycles. The Morgan fingerprint density at radius 1 is 1.08 bits per heavy atom. The first kappa shape index (κ1) is 17.9. The number of anilines is 1. The van der Waals surface area contributed by atoms with Crippen LogP contribution in [0.5, 0.6) is 0 Å². The first-order valence-electron chi connectivity index (χ1n) is 7.49. The summed E-state index contributed by atoms with van der Waals surface area (Å²) in [6, 6.07) is 11.2. The van der Waals surface area contributed by atoms with Crippen molar-refractivity contribution in [2.45, 2.75) is 19.9 Å². The lowest BCUT2D eigenvalue weighted by Gasteiger charge is -2.22. The molecule has 1 atom stereocenters. The minimum absolute atomic E-state index is 0.131. The number of carbonyl (C=O) groups is 2. The van der Waals surface area contributed by atoms with Crippen molar-refractivity contribution in [2.24, 2.45) is 5.92 Å². The summed E-state index contributed by atoms with van der Waals surface area (Å²) in [7, 11) is 0. The van der Waals surface area contributed by atoms with Gasteiger partial charge in [0.05, 0.1) is 0 Å². The Hall–Kier alpha value is -2.40. The van der Waals surface area contributed by atoms with E-state index in [4.69, 9.17) is 11.6 Å². The molecule has 2 amide bonds. The van der Waals surface area contributed by atoms with Gasteiger partial charge in [0, 0.05) is 16.3 Å². The molecular weight excluding hydrogens is 331 g/mol. The van der Waals surface area contributed by atoms with Gasteiger partial charge in [-0.15, -0.1) is 0 Å². The number of benzene rings is 2. The highest BCUT2D eigenvalue weighted by Crippen LogP contribution is 2.16. The molecule has 0 spiro atoms. The van der Waals surface area contributed by atoms with Gasteiger partial charge in [-0.25, -0.2) is 4.39 Å². The predicted octanol–water partition coefficient (Wildman–Crippen LogP) is 3.87. The second-order valence-corrected chi connectivity index (χ2v) is 6.14. The molecule has 0 aliphatic carbocycles. The van der Waals surface area contributed by atoms with Crippen LogP contribution in [0.4, 0.5) is 10.1 Å². The van der Waals surface area contributed by atoms with Crippen molar-refractivity contribution in [3.63, 3.8) is 0 Å². The molecule has 2 rings (SSSR count). The quantitative estimate of drug-likeness (QED) is 0.861. The first-order chi connectivity index (χ1) is 11.4. The van der Waals surface area contributed by atoms with Gasteiger partial charge >= 0.3 is 0 Å². The van der Waals surface area contributed by atoms with Crippen molar-refractivity contribution < 1.29 is 14.0 Å². The maximum absolute atomic E-state index is 12.9. The Morgan fingerprint density at radius 2 is 1.75 bits per heavy atom. The largest absolute Gasteiger partial charge is 0.340 e. The highest BCUT2D eigenvalue weighted by Gasteiger charge is 2.24. The highest BCUT2D eigenvalue weighted by atomic mass is 35.5. The number of hydrogen-bond donors (Lipinski definition) is 2. The zero-order chi connectivity index (χ0) is 17.7. The van der Waals surface area contributed by atoms with Crippen LogP contribution in [0.1, 0.15) is 24.2 Å². The Bertz CT molecular complexity index is 732. The molecule has 0 aliphatic heterocycles. The number of halogens is 2. The third-order valence-electron chi connectivity index (χ3n) is 3.43. The summed E-state index contributed by atoms with van der Waals surface area (Å²) in [6.45, 7) is 3.65. The summed E-state index contributed by atoms with van der Waals surface area (Å²) < 4.78 is 12.9. The topological polar surface area (TPSA) is 58.2 Å². The molecule has 24 heavy (non-hydrogen) atoms. The Morgan fingerprint density at radius 3 is 2.33 bits per heavy atom. The third kappa shape index (κ3) is 4.80. The average Bonchev–Trinajstić information content (AvgIpc) is 2.52. The molecule has 0 radical (unpaired) electrons. The number of carbonyl (C=O) groups excluding carboxylic acids is 2. The van der Waals surface area contributed by atoms with Crippen LogP contribution in [0.2, 0.25) is 5.02 Å². The summed E-state index contributed by atoms with van der Waals surface area (Å²) >= 11 is 5.90. The van der Waals surface area contributed by atoms with Gasteiger partial charge in [-0.1, -0.05) is 31.5 Å². The smallest absolute Gasteiger partial charge is 0.251 e. The molecule has 126 valence electrons. The minimum atomic E-state index is -0.735. The fraction of sp³-hybridized carbons (Fsp3) is 0.222. The molecule has 2 aromatic rings. The molecule has 0 heterocycles. The Kier molecular flexibility index (Phi) is 5.93. The SMILES string of the molecule is CC(C)C(NC(=O)c1ccc(F)cc1)C(=O)Nc1cccc(Cl)c1. The van der Waals surface area contributed by atoms with Gasteiger partial charge in [0.25, 0.3) is 5.91 Å². The van der Waals surface area contributed by atoms with E-state index in [2.05, 4.69) is 10.6 Å². The second kappa shape index (κ2) is 7.93. The van der Waals surface area contributed by atoms with Crippen LogP contribution in [0.15, 0.2) is 48.5 Å². The van der Waals surface area contributed by atoms with Gasteiger partial charge in [0.1, 0.15) is 11.9 Å². The summed E-state index contributed by atoms with van der Waals surface area (Å²) in [4.78, 5) is 24.7. The molecule has 2 aromatic carbocycles. The zero-order valence-electron chi connectivity index (χ0n) is 13.3. The fourth-order valence-electron chi connectivity index (χ4n) is 2.15. The summed E-state index contributed by atoms with van der Waals surface area (Å²) in [6.07, 6.45) is 0. The van der Waals surface area contributed by atoms with Crippen molar-refractivity contribution >= 4 is 29.1 Å². The lowest BCUT2D eigenvalue weighted by Crippen LogP contribution is -2.47. The normalized spacial score (nSPS) is 11.9. The van der Waals surface area contributed by atoms with Crippen LogP contribution >= 0.6 is 11.6 Å². The van der Waals surface area contributed by atoms with Crippen LogP contribution in [-0.4, -0.2) is 17.9 Å². The van der Waals surface area contributed by atoms with E-state index in [1.54, 1.807) is 24.3 Å². The van der Waals surface area contributed by atoms with E-state index >= 15 is 0 Å². The molecule has 0 aromatic heterocycles. The Labute approximate surface area is 145 Å². The van der Waals surface area contributed by atoms with Gasteiger partial charge in [0.15, 0.2) is 0 Å². The summed E-state index contributed by atoms with van der Waals surface area (Å²) in [5, 5.41) is 5.92. The van der Waals surface area contributed by atoms with E-state index in [0.717, 1.165) is 0 Å². The van der Waals surface area contributed by atoms with Crippen LogP contribution in [0.3, 0.4) is 0 Å². The Balaban J connectivity index is 2.09. The van der Waals surface area contributed by atoms with Gasteiger partial charge in [-0.05, 0) is 48.4 Å². The second-order valence-electron chi connectivity index (χ2n) is 5.70. The lowest BCUT2D eigenvalue weighted by atomic mass is 10.0. The van der Waals surface area contributed by atoms with E-state index < -0.39 is 17.8 Å². The number of nitrogens with one attached hydrogen (secondary N) is 2. The van der Waals surface area contributed by atoms with E-state index in [9.17, 15) is 14.0 Å². The zero-order valence-corrected chi connectivity index (χ0v) is 14.1. The standard InChI is InChI=1S/C18H18ClFN2O2/c1-11(2)16(18(24)21-15-5-3-4-13(19)10-15)22-17(23)12-6-8-14(20)9-7-12/h3-11,16H,1-2H3,(H,21,24)(H,22,23). The minimum Gasteiger partial charge on any atom is -0.340 e. The van der Waals surface area contributed by atoms with Crippen LogP contribution in [0, 0.1) is 11.7 Å². The fourth-order valence-corrected chi connectivity index (χ4v) is 2.34. The maximum atomic E-state index is 12.9. The van der Waals surface area contributed by atoms with E-state index in [0.29, 0.717) is 10.7 Å². The molecule has 0 bridgehead atoms. The molecule has 0 saturated carbocycles. The van der Waals surface area contributed by atoms with Crippen molar-refractivity contribution in [2.75, 3.05) is 5.32 Å². The van der Waals surface area contributed by atoms with Gasteiger partial charge in [-0.2, -0.15) is 0 Å². The number of amides is 2. The van der Waals surface area contributed by atoms with E-state index in [-0.39, 0.29) is 17.4 Å². The molecule has 1 unspecified atom stereocenters. The van der Waals surface area contributed by atoms with Gasteiger partial charge in [-0.3, -0.25) is 9.59 Å². The van der Waals surface area contributed by atoms with Crippen LogP contribution in [-0.2, 0) is 4.79 Å². The van der Waals surface area contributed by atoms with Crippen molar-refractivity contribution in [1.82, 2.24) is 5.32 Å². The molecular formula is C18H18ClFN2O2. The molecule has 6 heteroatoms. The van der Waals surface area contributed by atoms with Crippen molar-refractivity contribution in [1.29, 1.82) is 0 Å². The van der Waals surface area contributed by atoms with Crippen LogP contribution in [0.25, 0.3) is 0 Å². The number of hydrogen-bond acceptors (Lipinski definition) is 2. The van der Waals surface area contributed by atoms with E-state index in [1.165, 1.54) is 24.3 Å². The molecule has 4 nitrogen and oxygen atoms in total. The average molecular weight is 349 g/mol. The summed E-state index contributed by atoms with van der Waals surface area (Å²) in [5.41, 5.74) is 0.840. The molecule has 0 fully saturated rings. The van der Waals surface area contributed by atoms with Crippen molar-refractivity contribution in [3.8, 4) is 0 Å². The van der Waals surface area contributed by atoms with E-state index in [1.807, 2.05) is 13.8 Å². The molecule has 0 aliphatic rings. The van der Waals surface area contributed by atoms with Gasteiger partial charge < -0.3 is 10.6 Å². The predicted molar refractivity (Wildman–Crippen MR) is 92.6 cm³/mol. The monoisotopic (exact) mass is 348 g/mol. The van der Waals surface area contributed by atoms with Crippen molar-refractivity contribution in [3.05, 3.63) is 64.9 Å². The number of rotatable bonds is 5.